The first-order chi connectivity index (χ1) is 9.81. The van der Waals surface area contributed by atoms with Crippen LogP contribution in [0.1, 0.15) is 73.1 Å². The molecule has 0 spiro atoms. The Morgan fingerprint density at radius 3 is 2.33 bits per heavy atom. The lowest BCUT2D eigenvalue weighted by molar-refractivity contribution is 0.106. The average Bonchev–Trinajstić information content (AvgIpc) is 2.86. The van der Waals surface area contributed by atoms with Crippen LogP contribution >= 0.6 is 0 Å². The van der Waals surface area contributed by atoms with Crippen molar-refractivity contribution in [3.8, 4) is 0 Å². The van der Waals surface area contributed by atoms with Crippen LogP contribution in [0.2, 0.25) is 0 Å². The molecule has 124 valence electrons. The van der Waals surface area contributed by atoms with Crippen LogP contribution in [0.25, 0.3) is 0 Å². The molecule has 1 N–H and O–H groups in total. The summed E-state index contributed by atoms with van der Waals surface area (Å²) < 4.78 is 0. The van der Waals surface area contributed by atoms with Gasteiger partial charge in [0.25, 0.3) is 0 Å². The zero-order chi connectivity index (χ0) is 15.5. The fourth-order valence-corrected chi connectivity index (χ4v) is 4.27. The Labute approximate surface area is 133 Å². The quantitative estimate of drug-likeness (QED) is 0.813. The molecule has 0 amide bonds. The van der Waals surface area contributed by atoms with Crippen LogP contribution in [0.5, 0.6) is 0 Å². The lowest BCUT2D eigenvalue weighted by Crippen LogP contribution is -2.46. The number of likely N-dealkylation sites (tertiary alicyclic amines) is 1. The summed E-state index contributed by atoms with van der Waals surface area (Å²) in [6.45, 7) is 17.0. The molecule has 0 aromatic carbocycles. The zero-order valence-electron chi connectivity index (χ0n) is 15.2. The summed E-state index contributed by atoms with van der Waals surface area (Å²) in [5.41, 5.74) is 1.03. The van der Waals surface area contributed by atoms with Gasteiger partial charge in [-0.3, -0.25) is 0 Å². The van der Waals surface area contributed by atoms with Gasteiger partial charge in [-0.15, -0.1) is 0 Å². The van der Waals surface area contributed by atoms with Crippen molar-refractivity contribution in [2.24, 2.45) is 16.7 Å². The topological polar surface area (TPSA) is 15.3 Å². The van der Waals surface area contributed by atoms with Gasteiger partial charge >= 0.3 is 0 Å². The van der Waals surface area contributed by atoms with Gasteiger partial charge in [-0.1, -0.05) is 53.9 Å². The van der Waals surface area contributed by atoms with Gasteiger partial charge in [0, 0.05) is 25.7 Å². The molecule has 2 rings (SSSR count). The summed E-state index contributed by atoms with van der Waals surface area (Å²) in [7, 11) is 0. The predicted molar refractivity (Wildman–Crippen MR) is 92.7 cm³/mol. The van der Waals surface area contributed by atoms with Crippen LogP contribution in [0.4, 0.5) is 0 Å². The maximum atomic E-state index is 3.74. The van der Waals surface area contributed by atoms with E-state index in [0.29, 0.717) is 16.9 Å². The first kappa shape index (κ1) is 17.3. The van der Waals surface area contributed by atoms with Gasteiger partial charge in [-0.05, 0) is 42.6 Å². The molecule has 1 saturated carbocycles. The molecule has 2 nitrogen and oxygen atoms in total. The molecular formula is C19H38N2. The third kappa shape index (κ3) is 4.96. The minimum atomic E-state index is 0.477. The fourth-order valence-electron chi connectivity index (χ4n) is 4.27. The molecule has 2 aliphatic rings. The van der Waals surface area contributed by atoms with Crippen molar-refractivity contribution in [3.05, 3.63) is 0 Å². The van der Waals surface area contributed by atoms with Gasteiger partial charge in [0.1, 0.15) is 0 Å². The van der Waals surface area contributed by atoms with Crippen LogP contribution in [0.3, 0.4) is 0 Å². The number of hydrogen-bond donors (Lipinski definition) is 1. The smallest absolute Gasteiger partial charge is 0.00503 e. The second kappa shape index (κ2) is 7.00. The second-order valence-electron chi connectivity index (χ2n) is 9.18. The van der Waals surface area contributed by atoms with E-state index < -0.39 is 0 Å². The van der Waals surface area contributed by atoms with E-state index >= 15 is 0 Å². The van der Waals surface area contributed by atoms with Gasteiger partial charge < -0.3 is 10.2 Å². The minimum Gasteiger partial charge on any atom is -0.314 e. The van der Waals surface area contributed by atoms with Crippen molar-refractivity contribution in [2.45, 2.75) is 79.2 Å². The zero-order valence-corrected chi connectivity index (χ0v) is 15.2. The maximum absolute atomic E-state index is 3.74. The Hall–Kier alpha value is -0.0800. The third-order valence-corrected chi connectivity index (χ3v) is 5.86. The summed E-state index contributed by atoms with van der Waals surface area (Å²) in [5, 5.41) is 3.74. The standard InChI is InChI=1S/C19H38N2/c1-16(2)20-14-19(10-7-6-8-11-19)15-21-12-9-17(13-21)18(3,4)5/h16-17,20H,6-15H2,1-5H3. The highest BCUT2D eigenvalue weighted by atomic mass is 15.2. The van der Waals surface area contributed by atoms with Crippen molar-refractivity contribution >= 4 is 0 Å². The third-order valence-electron chi connectivity index (χ3n) is 5.86. The van der Waals surface area contributed by atoms with Crippen molar-refractivity contribution in [3.63, 3.8) is 0 Å². The minimum absolute atomic E-state index is 0.477. The van der Waals surface area contributed by atoms with Crippen LogP contribution in [-0.2, 0) is 0 Å². The van der Waals surface area contributed by atoms with Crippen molar-refractivity contribution in [2.75, 3.05) is 26.2 Å². The van der Waals surface area contributed by atoms with E-state index in [-0.39, 0.29) is 0 Å². The van der Waals surface area contributed by atoms with E-state index in [1.807, 2.05) is 0 Å². The molecule has 0 radical (unpaired) electrons. The highest BCUT2D eigenvalue weighted by Gasteiger charge is 2.38. The van der Waals surface area contributed by atoms with Crippen LogP contribution < -0.4 is 5.32 Å². The molecule has 2 fully saturated rings. The summed E-state index contributed by atoms with van der Waals surface area (Å²) in [6.07, 6.45) is 8.60. The SMILES string of the molecule is CC(C)NCC1(CN2CCC(C(C)(C)C)C2)CCCCC1. The van der Waals surface area contributed by atoms with Crippen LogP contribution in [0.15, 0.2) is 0 Å². The molecule has 0 aromatic rings. The Morgan fingerprint density at radius 1 is 1.14 bits per heavy atom. The van der Waals surface area contributed by atoms with Gasteiger partial charge in [0.2, 0.25) is 0 Å². The average molecular weight is 295 g/mol. The first-order valence-electron chi connectivity index (χ1n) is 9.26. The second-order valence-corrected chi connectivity index (χ2v) is 9.18. The van der Waals surface area contributed by atoms with Crippen molar-refractivity contribution in [1.29, 1.82) is 0 Å². The highest BCUT2D eigenvalue weighted by molar-refractivity contribution is 4.92. The largest absolute Gasteiger partial charge is 0.314 e. The van der Waals surface area contributed by atoms with E-state index in [0.717, 1.165) is 5.92 Å². The van der Waals surface area contributed by atoms with Gasteiger partial charge in [-0.2, -0.15) is 0 Å². The Balaban J connectivity index is 1.93. The van der Waals surface area contributed by atoms with Crippen molar-refractivity contribution in [1.82, 2.24) is 10.2 Å². The molecule has 1 saturated heterocycles. The lowest BCUT2D eigenvalue weighted by atomic mass is 9.73. The van der Waals surface area contributed by atoms with E-state index in [4.69, 9.17) is 0 Å². The van der Waals surface area contributed by atoms with E-state index in [1.165, 1.54) is 64.7 Å². The highest BCUT2D eigenvalue weighted by Crippen LogP contribution is 2.40. The Bertz CT molecular complexity index is 310. The summed E-state index contributed by atoms with van der Waals surface area (Å²) in [6, 6.07) is 0.615. The maximum Gasteiger partial charge on any atom is 0.00503 e. The summed E-state index contributed by atoms with van der Waals surface area (Å²) in [4.78, 5) is 2.78. The normalized spacial score (nSPS) is 27.4. The summed E-state index contributed by atoms with van der Waals surface area (Å²) in [5.74, 6) is 0.885. The van der Waals surface area contributed by atoms with E-state index in [2.05, 4.69) is 44.8 Å². The molecular weight excluding hydrogens is 256 g/mol. The molecule has 1 heterocycles. The molecule has 21 heavy (non-hydrogen) atoms. The molecule has 1 aliphatic heterocycles. The lowest BCUT2D eigenvalue weighted by Gasteiger charge is -2.41. The number of hydrogen-bond acceptors (Lipinski definition) is 2. The van der Waals surface area contributed by atoms with Gasteiger partial charge in [0.05, 0.1) is 0 Å². The Kier molecular flexibility index (Phi) is 5.76. The Morgan fingerprint density at radius 2 is 1.81 bits per heavy atom. The number of nitrogens with one attached hydrogen (secondary N) is 1. The van der Waals surface area contributed by atoms with E-state index in [1.54, 1.807) is 0 Å². The molecule has 1 aliphatic carbocycles. The molecule has 0 bridgehead atoms. The van der Waals surface area contributed by atoms with Crippen LogP contribution in [0, 0.1) is 16.7 Å². The monoisotopic (exact) mass is 294 g/mol. The van der Waals surface area contributed by atoms with E-state index in [9.17, 15) is 0 Å². The molecule has 1 unspecified atom stereocenters. The van der Waals surface area contributed by atoms with Crippen molar-refractivity contribution < 1.29 is 0 Å². The number of nitrogens with zero attached hydrogens (tertiary/aromatic N) is 1. The summed E-state index contributed by atoms with van der Waals surface area (Å²) >= 11 is 0. The fraction of sp³-hybridized carbons (Fsp3) is 1.00. The molecule has 2 heteroatoms. The predicted octanol–water partition coefficient (Wildman–Crippen LogP) is 4.30. The molecule has 1 atom stereocenters. The number of rotatable bonds is 5. The first-order valence-corrected chi connectivity index (χ1v) is 9.26. The van der Waals surface area contributed by atoms with Crippen LogP contribution in [-0.4, -0.2) is 37.1 Å². The van der Waals surface area contributed by atoms with Gasteiger partial charge in [-0.25, -0.2) is 0 Å². The van der Waals surface area contributed by atoms with Gasteiger partial charge in [0.15, 0.2) is 0 Å². The molecule has 0 aromatic heterocycles.